The van der Waals surface area contributed by atoms with Crippen LogP contribution in [0.4, 0.5) is 11.4 Å². The third kappa shape index (κ3) is 10.1. The van der Waals surface area contributed by atoms with Gasteiger partial charge in [-0.15, -0.1) is 0 Å². The van der Waals surface area contributed by atoms with Crippen molar-refractivity contribution in [2.24, 2.45) is 5.10 Å². The fourth-order valence-electron chi connectivity index (χ4n) is 3.49. The van der Waals surface area contributed by atoms with Gasteiger partial charge >= 0.3 is 11.8 Å². The van der Waals surface area contributed by atoms with Crippen LogP contribution in [-0.4, -0.2) is 44.3 Å². The molecule has 3 rings (SSSR count). The van der Waals surface area contributed by atoms with Crippen molar-refractivity contribution < 1.29 is 28.6 Å². The third-order valence-electron chi connectivity index (χ3n) is 5.71. The largest absolute Gasteiger partial charge is 0.494 e. The van der Waals surface area contributed by atoms with E-state index in [1.54, 1.807) is 36.4 Å². The Kier molecular flexibility index (Phi) is 12.4. The van der Waals surface area contributed by atoms with E-state index in [1.165, 1.54) is 18.9 Å². The highest BCUT2D eigenvalue weighted by molar-refractivity contribution is 14.1. The SMILES string of the molecule is CCCCOc1ccc(NC(=O)C(=O)N/N=C\c2cc(I)c(OCC(=O)Nc3ccc(CC)cc3)c(OC)c2)cc1. The summed E-state index contributed by atoms with van der Waals surface area (Å²) in [7, 11) is 1.48. The van der Waals surface area contributed by atoms with E-state index >= 15 is 0 Å². The van der Waals surface area contributed by atoms with Crippen molar-refractivity contribution in [3.05, 3.63) is 75.4 Å². The molecule has 0 saturated heterocycles. The van der Waals surface area contributed by atoms with Crippen LogP contribution in [0.1, 0.15) is 37.8 Å². The molecule has 41 heavy (non-hydrogen) atoms. The van der Waals surface area contributed by atoms with Crippen molar-refractivity contribution in [1.82, 2.24) is 5.43 Å². The lowest BCUT2D eigenvalue weighted by molar-refractivity contribution is -0.136. The van der Waals surface area contributed by atoms with Crippen molar-refractivity contribution in [2.75, 3.05) is 31.0 Å². The van der Waals surface area contributed by atoms with Crippen LogP contribution in [0.3, 0.4) is 0 Å². The fraction of sp³-hybridized carbons (Fsp3) is 0.267. The molecule has 0 unspecified atom stereocenters. The Bertz CT molecular complexity index is 1360. The first-order valence-corrected chi connectivity index (χ1v) is 14.2. The maximum Gasteiger partial charge on any atom is 0.329 e. The molecule has 3 aromatic rings. The van der Waals surface area contributed by atoms with Crippen molar-refractivity contribution in [1.29, 1.82) is 0 Å². The number of ether oxygens (including phenoxy) is 3. The zero-order chi connectivity index (χ0) is 29.6. The minimum atomic E-state index is -0.929. The molecule has 0 heterocycles. The zero-order valence-corrected chi connectivity index (χ0v) is 25.3. The Balaban J connectivity index is 1.52. The molecule has 0 aromatic heterocycles. The second-order valence-electron chi connectivity index (χ2n) is 8.80. The summed E-state index contributed by atoms with van der Waals surface area (Å²) in [5.41, 5.74) is 5.11. The van der Waals surface area contributed by atoms with Crippen molar-refractivity contribution in [2.45, 2.75) is 33.1 Å². The number of unbranched alkanes of at least 4 members (excludes halogenated alkanes) is 1. The summed E-state index contributed by atoms with van der Waals surface area (Å²) in [5.74, 6) is -0.641. The van der Waals surface area contributed by atoms with Gasteiger partial charge in [-0.1, -0.05) is 32.4 Å². The predicted octanol–water partition coefficient (Wildman–Crippen LogP) is 5.15. The molecule has 0 fully saturated rings. The van der Waals surface area contributed by atoms with Gasteiger partial charge in [0.1, 0.15) is 5.75 Å². The molecule has 0 aliphatic rings. The van der Waals surface area contributed by atoms with Crippen LogP contribution in [-0.2, 0) is 20.8 Å². The normalized spacial score (nSPS) is 10.6. The van der Waals surface area contributed by atoms with E-state index in [1.807, 2.05) is 24.3 Å². The van der Waals surface area contributed by atoms with E-state index < -0.39 is 11.8 Å². The minimum absolute atomic E-state index is 0.213. The first-order valence-electron chi connectivity index (χ1n) is 13.1. The Hall–Kier alpha value is -4.13. The summed E-state index contributed by atoms with van der Waals surface area (Å²) in [6, 6.07) is 17.7. The fourth-order valence-corrected chi connectivity index (χ4v) is 4.27. The standard InChI is InChI=1S/C30H33IN4O6/c1-4-6-15-40-24-13-11-23(12-14-24)34-29(37)30(38)35-32-18-21-16-25(31)28(26(17-21)39-3)41-19-27(36)33-22-9-7-20(5-2)8-10-22/h7-14,16-18H,4-6,15,19H2,1-3H3,(H,33,36)(H,34,37)(H,35,38)/b32-18-. The van der Waals surface area contributed by atoms with Crippen molar-refractivity contribution in [3.63, 3.8) is 0 Å². The topological polar surface area (TPSA) is 127 Å². The molecule has 0 aliphatic heterocycles. The van der Waals surface area contributed by atoms with Gasteiger partial charge in [0.2, 0.25) is 0 Å². The van der Waals surface area contributed by atoms with E-state index in [9.17, 15) is 14.4 Å². The second kappa shape index (κ2) is 16.2. The van der Waals surface area contributed by atoms with Gasteiger partial charge in [0, 0.05) is 11.4 Å². The number of aryl methyl sites for hydroxylation is 1. The van der Waals surface area contributed by atoms with Gasteiger partial charge in [-0.3, -0.25) is 14.4 Å². The number of hydrogen-bond donors (Lipinski definition) is 3. The number of anilines is 2. The van der Waals surface area contributed by atoms with Crippen molar-refractivity contribution in [3.8, 4) is 17.2 Å². The lowest BCUT2D eigenvalue weighted by Gasteiger charge is -2.13. The van der Waals surface area contributed by atoms with Crippen LogP contribution < -0.4 is 30.3 Å². The van der Waals surface area contributed by atoms with E-state index in [0.29, 0.717) is 44.4 Å². The zero-order valence-electron chi connectivity index (χ0n) is 23.2. The quantitative estimate of drug-likeness (QED) is 0.0759. The smallest absolute Gasteiger partial charge is 0.329 e. The molecule has 3 aromatic carbocycles. The summed E-state index contributed by atoms with van der Waals surface area (Å²) in [6.07, 6.45) is 4.28. The Morgan fingerprint density at radius 1 is 0.902 bits per heavy atom. The first kappa shape index (κ1) is 31.4. The molecule has 0 spiro atoms. The number of carbonyl (C=O) groups excluding carboxylic acids is 3. The second-order valence-corrected chi connectivity index (χ2v) is 9.96. The van der Waals surface area contributed by atoms with Crippen molar-refractivity contribution >= 4 is 57.9 Å². The molecule has 0 atom stereocenters. The molecule has 0 bridgehead atoms. The molecule has 11 heteroatoms. The predicted molar refractivity (Wildman–Crippen MR) is 167 cm³/mol. The summed E-state index contributed by atoms with van der Waals surface area (Å²) < 4.78 is 17.4. The summed E-state index contributed by atoms with van der Waals surface area (Å²) in [5, 5.41) is 9.18. The number of halogens is 1. The average molecular weight is 673 g/mol. The summed E-state index contributed by atoms with van der Waals surface area (Å²) >= 11 is 2.05. The average Bonchev–Trinajstić information content (AvgIpc) is 2.97. The molecule has 10 nitrogen and oxygen atoms in total. The third-order valence-corrected chi connectivity index (χ3v) is 6.51. The Morgan fingerprint density at radius 3 is 2.24 bits per heavy atom. The maximum absolute atomic E-state index is 12.4. The van der Waals surface area contributed by atoms with Gasteiger partial charge in [-0.25, -0.2) is 5.43 Å². The number of amides is 3. The van der Waals surface area contributed by atoms with E-state index in [4.69, 9.17) is 14.2 Å². The number of hydrogen-bond acceptors (Lipinski definition) is 7. The molecular weight excluding hydrogens is 639 g/mol. The number of nitrogens with one attached hydrogen (secondary N) is 3. The maximum atomic E-state index is 12.4. The van der Waals surface area contributed by atoms with E-state index in [2.05, 4.69) is 57.6 Å². The van der Waals surface area contributed by atoms with Crippen LogP contribution in [0.2, 0.25) is 0 Å². The van der Waals surface area contributed by atoms with E-state index in [0.717, 1.165) is 19.3 Å². The lowest BCUT2D eigenvalue weighted by Crippen LogP contribution is -2.32. The van der Waals surface area contributed by atoms with Gasteiger partial charge in [-0.2, -0.15) is 5.10 Å². The van der Waals surface area contributed by atoms with Crippen LogP contribution >= 0.6 is 22.6 Å². The molecule has 0 radical (unpaired) electrons. The highest BCUT2D eigenvalue weighted by Gasteiger charge is 2.15. The van der Waals surface area contributed by atoms with Crippen LogP contribution in [0.5, 0.6) is 17.2 Å². The number of rotatable bonds is 13. The first-order chi connectivity index (χ1) is 19.8. The van der Waals surface area contributed by atoms with Gasteiger partial charge in [0.25, 0.3) is 5.91 Å². The molecular formula is C30H33IN4O6. The molecule has 3 amide bonds. The lowest BCUT2D eigenvalue weighted by atomic mass is 10.1. The molecule has 0 aliphatic carbocycles. The monoisotopic (exact) mass is 672 g/mol. The minimum Gasteiger partial charge on any atom is -0.494 e. The van der Waals surface area contributed by atoms with Crippen LogP contribution in [0, 0.1) is 3.57 Å². The Morgan fingerprint density at radius 2 is 1.59 bits per heavy atom. The number of carbonyl (C=O) groups is 3. The highest BCUT2D eigenvalue weighted by atomic mass is 127. The van der Waals surface area contributed by atoms with Gasteiger partial charge in [-0.05, 0) is 95.1 Å². The number of benzene rings is 3. The highest BCUT2D eigenvalue weighted by Crippen LogP contribution is 2.33. The molecule has 0 saturated carbocycles. The van der Waals surface area contributed by atoms with Gasteiger partial charge in [0.15, 0.2) is 18.1 Å². The van der Waals surface area contributed by atoms with Gasteiger partial charge in [0.05, 0.1) is 23.5 Å². The number of methoxy groups -OCH3 is 1. The van der Waals surface area contributed by atoms with Crippen LogP contribution in [0.15, 0.2) is 65.8 Å². The van der Waals surface area contributed by atoms with Crippen LogP contribution in [0.25, 0.3) is 0 Å². The Labute approximate surface area is 253 Å². The molecule has 216 valence electrons. The summed E-state index contributed by atoms with van der Waals surface area (Å²) in [4.78, 5) is 36.8. The van der Waals surface area contributed by atoms with E-state index in [-0.39, 0.29) is 12.5 Å². The van der Waals surface area contributed by atoms with Gasteiger partial charge < -0.3 is 24.8 Å². The summed E-state index contributed by atoms with van der Waals surface area (Å²) in [6.45, 7) is 4.55. The molecule has 3 N–H and O–H groups in total. The number of nitrogens with zero attached hydrogens (tertiary/aromatic N) is 1. The number of hydrazone groups is 1.